The average molecular weight is 198 g/mol. The maximum absolute atomic E-state index is 10.9. The Bertz CT molecular complexity index is 156. The fraction of sp³-hybridized carbons (Fsp3) is 0.917. The molecule has 0 aromatic carbocycles. The van der Waals surface area contributed by atoms with Crippen molar-refractivity contribution in [3.05, 3.63) is 0 Å². The molecule has 2 heteroatoms. The van der Waals surface area contributed by atoms with E-state index in [0.717, 1.165) is 25.5 Å². The highest BCUT2D eigenvalue weighted by Crippen LogP contribution is 2.25. The zero-order valence-corrected chi connectivity index (χ0v) is 8.95. The molecule has 0 saturated heterocycles. The smallest absolute Gasteiger partial charge is 0.123 e. The van der Waals surface area contributed by atoms with Gasteiger partial charge in [0, 0.05) is 12.5 Å². The van der Waals surface area contributed by atoms with Gasteiger partial charge in [0.15, 0.2) is 0 Å². The molecule has 0 amide bonds. The Balaban J connectivity index is 2.44. The average Bonchev–Trinajstić information content (AvgIpc) is 2.24. The van der Waals surface area contributed by atoms with Crippen LogP contribution in [0, 0.1) is 11.8 Å². The number of carbonyl (C=O) groups excluding carboxylic acids is 1. The molecule has 2 nitrogen and oxygen atoms in total. The number of rotatable bonds is 2. The molecule has 0 spiro atoms. The van der Waals surface area contributed by atoms with Crippen LogP contribution < -0.4 is 0 Å². The molecule has 82 valence electrons. The quantitative estimate of drug-likeness (QED) is 0.692. The molecule has 2 unspecified atom stereocenters. The molecular weight excluding hydrogens is 176 g/mol. The third kappa shape index (κ3) is 3.79. The number of hydrogen-bond donors (Lipinski definition) is 1. The molecule has 0 radical (unpaired) electrons. The summed E-state index contributed by atoms with van der Waals surface area (Å²) in [5, 5.41) is 9.21. The lowest BCUT2D eigenvalue weighted by Gasteiger charge is -2.22. The Morgan fingerprint density at radius 3 is 2.14 bits per heavy atom. The van der Waals surface area contributed by atoms with Gasteiger partial charge in [0.1, 0.15) is 6.29 Å². The molecule has 14 heavy (non-hydrogen) atoms. The monoisotopic (exact) mass is 198 g/mol. The van der Waals surface area contributed by atoms with Crippen LogP contribution in [0.5, 0.6) is 0 Å². The standard InChI is InChI=1S/C12H22O2/c13-9-11-7-5-3-1-2-4-6-8-12(11)10-14/h9,11-12,14H,1-8,10H2. The molecule has 1 aliphatic rings. The maximum Gasteiger partial charge on any atom is 0.123 e. The molecule has 0 aromatic rings. The maximum atomic E-state index is 10.9. The van der Waals surface area contributed by atoms with E-state index < -0.39 is 0 Å². The molecule has 0 heterocycles. The first kappa shape index (κ1) is 11.7. The summed E-state index contributed by atoms with van der Waals surface area (Å²) in [7, 11) is 0. The van der Waals surface area contributed by atoms with E-state index in [1.807, 2.05) is 0 Å². The van der Waals surface area contributed by atoms with Crippen LogP contribution in [0.25, 0.3) is 0 Å². The van der Waals surface area contributed by atoms with E-state index in [1.165, 1.54) is 32.1 Å². The van der Waals surface area contributed by atoms with Gasteiger partial charge in [0.2, 0.25) is 0 Å². The number of hydrogen-bond acceptors (Lipinski definition) is 2. The largest absolute Gasteiger partial charge is 0.396 e. The third-order valence-corrected chi connectivity index (χ3v) is 3.38. The van der Waals surface area contributed by atoms with Gasteiger partial charge < -0.3 is 9.90 Å². The summed E-state index contributed by atoms with van der Waals surface area (Å²) in [6.45, 7) is 0.184. The highest BCUT2D eigenvalue weighted by Gasteiger charge is 2.20. The van der Waals surface area contributed by atoms with E-state index in [0.29, 0.717) is 0 Å². The molecule has 0 aromatic heterocycles. The van der Waals surface area contributed by atoms with Crippen molar-refractivity contribution in [2.45, 2.75) is 51.4 Å². The number of aliphatic hydroxyl groups excluding tert-OH is 1. The molecule has 0 aliphatic heterocycles. The van der Waals surface area contributed by atoms with Gasteiger partial charge in [0.25, 0.3) is 0 Å². The van der Waals surface area contributed by atoms with Gasteiger partial charge in [-0.25, -0.2) is 0 Å². The predicted octanol–water partition coefficient (Wildman–Crippen LogP) is 2.54. The summed E-state index contributed by atoms with van der Waals surface area (Å²) in [5.41, 5.74) is 0. The van der Waals surface area contributed by atoms with E-state index in [9.17, 15) is 9.90 Å². The van der Waals surface area contributed by atoms with Gasteiger partial charge in [-0.3, -0.25) is 0 Å². The number of carbonyl (C=O) groups is 1. The lowest BCUT2D eigenvalue weighted by molar-refractivity contribution is -0.113. The fourth-order valence-corrected chi connectivity index (χ4v) is 2.35. The molecule has 0 bridgehead atoms. The summed E-state index contributed by atoms with van der Waals surface area (Å²) in [6, 6.07) is 0. The van der Waals surface area contributed by atoms with Crippen molar-refractivity contribution in [3.8, 4) is 0 Å². The van der Waals surface area contributed by atoms with Gasteiger partial charge in [0.05, 0.1) is 0 Å². The Morgan fingerprint density at radius 1 is 1.00 bits per heavy atom. The van der Waals surface area contributed by atoms with Crippen molar-refractivity contribution < 1.29 is 9.90 Å². The number of aldehydes is 1. The summed E-state index contributed by atoms with van der Waals surface area (Å²) in [4.78, 5) is 10.9. The van der Waals surface area contributed by atoms with E-state index in [2.05, 4.69) is 0 Å². The van der Waals surface area contributed by atoms with Crippen LogP contribution in [0.4, 0.5) is 0 Å². The molecule has 1 rings (SSSR count). The van der Waals surface area contributed by atoms with Gasteiger partial charge in [-0.05, 0) is 18.8 Å². The van der Waals surface area contributed by atoms with Gasteiger partial charge in [-0.15, -0.1) is 0 Å². The van der Waals surface area contributed by atoms with Crippen molar-refractivity contribution in [1.82, 2.24) is 0 Å². The minimum Gasteiger partial charge on any atom is -0.396 e. The van der Waals surface area contributed by atoms with Gasteiger partial charge in [-0.2, -0.15) is 0 Å². The second-order valence-corrected chi connectivity index (χ2v) is 4.44. The highest BCUT2D eigenvalue weighted by molar-refractivity contribution is 5.53. The lowest BCUT2D eigenvalue weighted by Crippen LogP contribution is -2.20. The van der Waals surface area contributed by atoms with E-state index in [-0.39, 0.29) is 18.4 Å². The van der Waals surface area contributed by atoms with Crippen molar-refractivity contribution in [2.75, 3.05) is 6.61 Å². The second-order valence-electron chi connectivity index (χ2n) is 4.44. The van der Waals surface area contributed by atoms with E-state index >= 15 is 0 Å². The molecule has 1 aliphatic carbocycles. The normalized spacial score (nSPS) is 30.9. The highest BCUT2D eigenvalue weighted by atomic mass is 16.3. The van der Waals surface area contributed by atoms with Crippen LogP contribution in [0.1, 0.15) is 51.4 Å². The van der Waals surface area contributed by atoms with Crippen molar-refractivity contribution >= 4 is 6.29 Å². The first-order valence-corrected chi connectivity index (χ1v) is 5.94. The zero-order valence-electron chi connectivity index (χ0n) is 8.95. The van der Waals surface area contributed by atoms with E-state index in [4.69, 9.17) is 0 Å². The van der Waals surface area contributed by atoms with Crippen LogP contribution >= 0.6 is 0 Å². The molecule has 2 atom stereocenters. The van der Waals surface area contributed by atoms with Crippen LogP contribution in [0.2, 0.25) is 0 Å². The van der Waals surface area contributed by atoms with Crippen molar-refractivity contribution in [2.24, 2.45) is 11.8 Å². The summed E-state index contributed by atoms with van der Waals surface area (Å²) in [6.07, 6.45) is 10.6. The molecule has 1 saturated carbocycles. The van der Waals surface area contributed by atoms with Crippen LogP contribution in [-0.2, 0) is 4.79 Å². The Morgan fingerprint density at radius 2 is 1.57 bits per heavy atom. The lowest BCUT2D eigenvalue weighted by atomic mass is 9.84. The Labute approximate surface area is 86.7 Å². The minimum absolute atomic E-state index is 0.109. The molecular formula is C12H22O2. The topological polar surface area (TPSA) is 37.3 Å². The summed E-state index contributed by atoms with van der Waals surface area (Å²) < 4.78 is 0. The van der Waals surface area contributed by atoms with Gasteiger partial charge >= 0.3 is 0 Å². The molecule has 1 N–H and O–H groups in total. The third-order valence-electron chi connectivity index (χ3n) is 3.38. The Kier molecular flexibility index (Phi) is 5.85. The van der Waals surface area contributed by atoms with Crippen molar-refractivity contribution in [3.63, 3.8) is 0 Å². The van der Waals surface area contributed by atoms with Crippen LogP contribution in [-0.4, -0.2) is 18.0 Å². The minimum atomic E-state index is 0.109. The SMILES string of the molecule is O=CC1CCCCCCCCC1CO. The molecule has 1 fully saturated rings. The Hall–Kier alpha value is -0.370. The van der Waals surface area contributed by atoms with Crippen molar-refractivity contribution in [1.29, 1.82) is 0 Å². The predicted molar refractivity (Wildman–Crippen MR) is 57.1 cm³/mol. The van der Waals surface area contributed by atoms with Gasteiger partial charge in [-0.1, -0.05) is 38.5 Å². The van der Waals surface area contributed by atoms with Crippen LogP contribution in [0.15, 0.2) is 0 Å². The first-order chi connectivity index (χ1) is 6.88. The second kappa shape index (κ2) is 6.99. The van der Waals surface area contributed by atoms with Crippen LogP contribution in [0.3, 0.4) is 0 Å². The summed E-state index contributed by atoms with van der Waals surface area (Å²) in [5.74, 6) is 0.337. The van der Waals surface area contributed by atoms with E-state index in [1.54, 1.807) is 0 Å². The number of aliphatic hydroxyl groups is 1. The first-order valence-electron chi connectivity index (χ1n) is 5.94. The summed E-state index contributed by atoms with van der Waals surface area (Å²) >= 11 is 0. The fourth-order valence-electron chi connectivity index (χ4n) is 2.35. The zero-order chi connectivity index (χ0) is 10.2.